The van der Waals surface area contributed by atoms with Crippen molar-refractivity contribution in [3.8, 4) is 28.9 Å². The second kappa shape index (κ2) is 11.0. The second-order valence-electron chi connectivity index (χ2n) is 11.5. The lowest BCUT2D eigenvalue weighted by atomic mass is 9.76. The van der Waals surface area contributed by atoms with E-state index in [2.05, 4.69) is 21.4 Å². The van der Waals surface area contributed by atoms with Gasteiger partial charge in [0.2, 0.25) is 11.8 Å². The molecule has 0 radical (unpaired) electrons. The maximum Gasteiger partial charge on any atom is 0.433 e. The van der Waals surface area contributed by atoms with E-state index >= 15 is 0 Å². The van der Waals surface area contributed by atoms with Crippen LogP contribution in [0.1, 0.15) is 55.9 Å². The number of oxazole rings is 1. The average Bonchev–Trinajstić information content (AvgIpc) is 3.63. The van der Waals surface area contributed by atoms with E-state index in [0.29, 0.717) is 55.8 Å². The highest BCUT2D eigenvalue weighted by molar-refractivity contribution is 7.91. The number of amides is 1. The first-order valence-corrected chi connectivity index (χ1v) is 16.1. The number of nitriles is 1. The lowest BCUT2D eigenvalue weighted by molar-refractivity contribution is -0.141. The van der Waals surface area contributed by atoms with E-state index in [0.717, 1.165) is 24.6 Å². The Kier molecular flexibility index (Phi) is 7.44. The molecule has 3 fully saturated rings. The van der Waals surface area contributed by atoms with Gasteiger partial charge in [0.15, 0.2) is 9.84 Å². The molecule has 2 aliphatic carbocycles. The lowest BCUT2D eigenvalue weighted by Crippen LogP contribution is -2.42. The summed E-state index contributed by atoms with van der Waals surface area (Å²) >= 11 is 0. The number of pyridine rings is 1. The number of hydrogen-bond donors (Lipinski definition) is 1. The normalized spacial score (nSPS) is 22.9. The van der Waals surface area contributed by atoms with E-state index in [9.17, 15) is 31.6 Å². The van der Waals surface area contributed by atoms with Crippen LogP contribution in [0.5, 0.6) is 0 Å². The quantitative estimate of drug-likeness (QED) is 0.407. The standard InChI is InChI=1S/C30H30F3N5O4S/c31-30(32,33)24-7-3-6-23(35-24)28-36-25(19-8-10-20(11-9-19)38-14-16-43(40,41)17-15-38)26(42-28)21-4-1-2-5-22(21)27(39)37-29(18-34)12-13-29/h3,6-11,21-22H,1-2,4-5,12-17H2,(H,37,39)/t21-,22-/m1/s1. The summed E-state index contributed by atoms with van der Waals surface area (Å²) < 4.78 is 70.3. The Morgan fingerprint density at radius 3 is 2.40 bits per heavy atom. The van der Waals surface area contributed by atoms with E-state index in [-0.39, 0.29) is 29.0 Å². The van der Waals surface area contributed by atoms with Gasteiger partial charge in [0.1, 0.15) is 28.4 Å². The fourth-order valence-electron chi connectivity index (χ4n) is 5.89. The van der Waals surface area contributed by atoms with Crippen LogP contribution in [0.2, 0.25) is 0 Å². The number of carbonyl (C=O) groups excluding carboxylic acids is 1. The van der Waals surface area contributed by atoms with Gasteiger partial charge in [0.25, 0.3) is 0 Å². The van der Waals surface area contributed by atoms with Gasteiger partial charge in [0.05, 0.1) is 17.6 Å². The molecule has 2 saturated carbocycles. The topological polar surface area (TPSA) is 129 Å². The van der Waals surface area contributed by atoms with Gasteiger partial charge in [-0.1, -0.05) is 31.0 Å². The molecule has 1 aliphatic heterocycles. The van der Waals surface area contributed by atoms with Gasteiger partial charge < -0.3 is 14.6 Å². The van der Waals surface area contributed by atoms with Crippen molar-refractivity contribution in [2.75, 3.05) is 29.5 Å². The number of halogens is 3. The SMILES string of the molecule is N#CC1(NC(=O)[C@@H]2CCCC[C@H]2c2oc(-c3cccc(C(F)(F)F)n3)nc2-c2ccc(N3CCS(=O)(=O)CC3)cc2)CC1. The number of hydrogen-bond acceptors (Lipinski definition) is 8. The summed E-state index contributed by atoms with van der Waals surface area (Å²) in [6.07, 6.45) is -0.626. The fourth-order valence-corrected chi connectivity index (χ4v) is 7.09. The molecule has 3 aliphatic rings. The Balaban J connectivity index is 1.37. The number of rotatable bonds is 6. The number of benzene rings is 1. The maximum atomic E-state index is 13.4. The van der Waals surface area contributed by atoms with Crippen LogP contribution in [-0.2, 0) is 20.8 Å². The van der Waals surface area contributed by atoms with Crippen LogP contribution in [0.3, 0.4) is 0 Å². The molecule has 1 N–H and O–H groups in total. The molecule has 0 unspecified atom stereocenters. The number of carbonyl (C=O) groups is 1. The summed E-state index contributed by atoms with van der Waals surface area (Å²) in [6.45, 7) is 0.761. The van der Waals surface area contributed by atoms with Gasteiger partial charge in [-0.25, -0.2) is 18.4 Å². The Bertz CT molecular complexity index is 1660. The highest BCUT2D eigenvalue weighted by atomic mass is 32.2. The van der Waals surface area contributed by atoms with Crippen molar-refractivity contribution < 1.29 is 30.8 Å². The minimum atomic E-state index is -4.65. The minimum Gasteiger partial charge on any atom is -0.439 e. The van der Waals surface area contributed by atoms with Gasteiger partial charge in [-0.15, -0.1) is 0 Å². The minimum absolute atomic E-state index is 0.0771. The smallest absolute Gasteiger partial charge is 0.433 e. The van der Waals surface area contributed by atoms with Gasteiger partial charge >= 0.3 is 6.18 Å². The van der Waals surface area contributed by atoms with Crippen molar-refractivity contribution in [2.45, 2.75) is 56.2 Å². The van der Waals surface area contributed by atoms with Crippen molar-refractivity contribution in [3.63, 3.8) is 0 Å². The first kappa shape index (κ1) is 29.2. The number of nitrogens with zero attached hydrogens (tertiary/aromatic N) is 4. The van der Waals surface area contributed by atoms with Crippen molar-refractivity contribution in [1.82, 2.24) is 15.3 Å². The van der Waals surface area contributed by atoms with Crippen LogP contribution < -0.4 is 10.2 Å². The zero-order valence-electron chi connectivity index (χ0n) is 23.2. The largest absolute Gasteiger partial charge is 0.439 e. The Hall–Kier alpha value is -3.92. The molecule has 13 heteroatoms. The highest BCUT2D eigenvalue weighted by Crippen LogP contribution is 2.45. The van der Waals surface area contributed by atoms with Crippen molar-refractivity contribution in [1.29, 1.82) is 5.26 Å². The summed E-state index contributed by atoms with van der Waals surface area (Å²) in [6, 6.07) is 13.0. The molecule has 3 aromatic rings. The summed E-state index contributed by atoms with van der Waals surface area (Å²) in [5.41, 5.74) is -0.0874. The van der Waals surface area contributed by atoms with Crippen LogP contribution in [0.15, 0.2) is 46.9 Å². The number of anilines is 1. The van der Waals surface area contributed by atoms with Gasteiger partial charge in [-0.3, -0.25) is 4.79 Å². The van der Waals surface area contributed by atoms with Crippen LogP contribution >= 0.6 is 0 Å². The van der Waals surface area contributed by atoms with Crippen LogP contribution in [0.25, 0.3) is 22.8 Å². The summed E-state index contributed by atoms with van der Waals surface area (Å²) in [5.74, 6) is -0.670. The van der Waals surface area contributed by atoms with Crippen LogP contribution in [0.4, 0.5) is 18.9 Å². The summed E-state index contributed by atoms with van der Waals surface area (Å²) in [7, 11) is -3.04. The molecule has 3 heterocycles. The monoisotopic (exact) mass is 613 g/mol. The third-order valence-corrected chi connectivity index (χ3v) is 10.1. The molecule has 43 heavy (non-hydrogen) atoms. The average molecular weight is 614 g/mol. The first-order chi connectivity index (χ1) is 20.5. The van der Waals surface area contributed by atoms with E-state index in [1.165, 1.54) is 12.1 Å². The predicted molar refractivity (Wildman–Crippen MR) is 151 cm³/mol. The number of aromatic nitrogens is 2. The zero-order valence-corrected chi connectivity index (χ0v) is 24.0. The highest BCUT2D eigenvalue weighted by Gasteiger charge is 2.47. The maximum absolute atomic E-state index is 13.4. The lowest BCUT2D eigenvalue weighted by Gasteiger charge is -2.30. The molecule has 0 bridgehead atoms. The van der Waals surface area contributed by atoms with Crippen molar-refractivity contribution in [2.24, 2.45) is 5.92 Å². The van der Waals surface area contributed by atoms with E-state index in [1.807, 2.05) is 29.2 Å². The molecule has 2 atom stereocenters. The zero-order chi connectivity index (χ0) is 30.4. The molecule has 6 rings (SSSR count). The molecule has 9 nitrogen and oxygen atoms in total. The number of nitrogens with one attached hydrogen (secondary N) is 1. The Morgan fingerprint density at radius 1 is 1.05 bits per heavy atom. The van der Waals surface area contributed by atoms with E-state index in [4.69, 9.17) is 4.42 Å². The molecule has 0 spiro atoms. The fraction of sp³-hybridized carbons (Fsp3) is 0.467. The molecular formula is C30H30F3N5O4S. The third-order valence-electron chi connectivity index (χ3n) is 8.53. The first-order valence-electron chi connectivity index (χ1n) is 14.3. The molecule has 2 aromatic heterocycles. The molecule has 1 amide bonds. The summed E-state index contributed by atoms with van der Waals surface area (Å²) in [5, 5.41) is 12.4. The predicted octanol–water partition coefficient (Wildman–Crippen LogP) is 5.10. The van der Waals surface area contributed by atoms with Gasteiger partial charge in [-0.2, -0.15) is 18.4 Å². The molecule has 1 saturated heterocycles. The number of alkyl halides is 3. The third kappa shape index (κ3) is 6.11. The van der Waals surface area contributed by atoms with Crippen LogP contribution in [0, 0.1) is 17.2 Å². The molecule has 1 aromatic carbocycles. The number of sulfone groups is 1. The molecular weight excluding hydrogens is 583 g/mol. The molecule has 226 valence electrons. The van der Waals surface area contributed by atoms with Gasteiger partial charge in [-0.05, 0) is 49.9 Å². The second-order valence-corrected chi connectivity index (χ2v) is 13.8. The van der Waals surface area contributed by atoms with E-state index in [1.54, 1.807) is 0 Å². The summed E-state index contributed by atoms with van der Waals surface area (Å²) in [4.78, 5) is 23.8. The van der Waals surface area contributed by atoms with Gasteiger partial charge in [0, 0.05) is 36.2 Å². The Labute approximate surface area is 247 Å². The van der Waals surface area contributed by atoms with E-state index < -0.39 is 39.1 Å². The van der Waals surface area contributed by atoms with Crippen LogP contribution in [-0.4, -0.2) is 54.4 Å². The Morgan fingerprint density at radius 2 is 1.74 bits per heavy atom. The van der Waals surface area contributed by atoms with Crippen molar-refractivity contribution >= 4 is 21.4 Å². The van der Waals surface area contributed by atoms with Crippen molar-refractivity contribution in [3.05, 3.63) is 53.9 Å².